The van der Waals surface area contributed by atoms with E-state index in [9.17, 15) is 14.7 Å². The van der Waals surface area contributed by atoms with Crippen molar-refractivity contribution < 1.29 is 23.1 Å². The number of phosphoric ester groups is 1. The number of phosphoric acid groups is 1. The smallest absolute Gasteiger partial charge is 0.404 e. The maximum absolute atomic E-state index is 12.8. The maximum atomic E-state index is 12.8. The molecule has 10 heteroatoms. The van der Waals surface area contributed by atoms with Gasteiger partial charge in [-0.2, -0.15) is 0 Å². The summed E-state index contributed by atoms with van der Waals surface area (Å²) in [6, 6.07) is 10.8. The summed E-state index contributed by atoms with van der Waals surface area (Å²) in [5.74, 6) is 0.171. The Morgan fingerprint density at radius 3 is 2.40 bits per heavy atom. The van der Waals surface area contributed by atoms with Crippen LogP contribution in [0.4, 0.5) is 5.69 Å². The van der Waals surface area contributed by atoms with E-state index in [4.69, 9.17) is 13.6 Å². The fourth-order valence-corrected chi connectivity index (χ4v) is 5.04. The van der Waals surface area contributed by atoms with Crippen LogP contribution in [0.15, 0.2) is 51.4 Å². The van der Waals surface area contributed by atoms with Crippen molar-refractivity contribution in [1.29, 1.82) is 0 Å². The summed E-state index contributed by atoms with van der Waals surface area (Å²) in [7, 11) is -3.83. The molecule has 1 aliphatic heterocycles. The van der Waals surface area contributed by atoms with Crippen LogP contribution in [0.1, 0.15) is 18.1 Å². The van der Waals surface area contributed by atoms with Gasteiger partial charge in [0, 0.05) is 27.5 Å². The van der Waals surface area contributed by atoms with Crippen molar-refractivity contribution in [2.45, 2.75) is 12.5 Å². The number of nitro groups is 1. The molecule has 0 aliphatic carbocycles. The average Bonchev–Trinajstić information content (AvgIpc) is 2.54. The highest BCUT2D eigenvalue weighted by atomic mass is 79.9. The average molecular weight is 493 g/mol. The zero-order valence-corrected chi connectivity index (χ0v) is 16.7. The van der Waals surface area contributed by atoms with Gasteiger partial charge in [0.05, 0.1) is 17.6 Å². The predicted molar refractivity (Wildman–Crippen MR) is 97.6 cm³/mol. The molecule has 7 nitrogen and oxygen atoms in total. The first-order valence-electron chi connectivity index (χ1n) is 7.18. The Morgan fingerprint density at radius 2 is 1.80 bits per heavy atom. The first-order chi connectivity index (χ1) is 11.8. The van der Waals surface area contributed by atoms with Gasteiger partial charge in [-0.05, 0) is 35.9 Å². The number of halogens is 2. The van der Waals surface area contributed by atoms with Gasteiger partial charge in [-0.15, -0.1) is 0 Å². The molecule has 2 aromatic carbocycles. The van der Waals surface area contributed by atoms with Crippen LogP contribution in [0.2, 0.25) is 0 Å². The molecule has 2 aromatic rings. The molecule has 0 N–H and O–H groups in total. The van der Waals surface area contributed by atoms with Crippen LogP contribution in [0.3, 0.4) is 0 Å². The molecule has 25 heavy (non-hydrogen) atoms. The second-order valence-corrected chi connectivity index (χ2v) is 8.59. The number of hydrogen-bond acceptors (Lipinski definition) is 6. The monoisotopic (exact) mass is 491 g/mol. The van der Waals surface area contributed by atoms with E-state index >= 15 is 0 Å². The van der Waals surface area contributed by atoms with Gasteiger partial charge in [-0.25, -0.2) is 4.57 Å². The van der Waals surface area contributed by atoms with Crippen molar-refractivity contribution in [2.75, 3.05) is 6.61 Å². The highest BCUT2D eigenvalue weighted by Crippen LogP contribution is 2.56. The molecule has 3 rings (SSSR count). The summed E-state index contributed by atoms with van der Waals surface area (Å²) in [6.45, 7) is 0.207. The van der Waals surface area contributed by atoms with Crippen LogP contribution in [0, 0.1) is 10.1 Å². The first-order valence-corrected chi connectivity index (χ1v) is 10.2. The predicted octanol–water partition coefficient (Wildman–Crippen LogP) is 5.78. The van der Waals surface area contributed by atoms with Crippen LogP contribution in [0.25, 0.3) is 0 Å². The molecule has 0 aromatic heterocycles. The summed E-state index contributed by atoms with van der Waals surface area (Å²) in [4.78, 5) is 10.1. The molecular weight excluding hydrogens is 481 g/mol. The van der Waals surface area contributed by atoms with Crippen molar-refractivity contribution in [2.24, 2.45) is 0 Å². The van der Waals surface area contributed by atoms with Gasteiger partial charge in [0.15, 0.2) is 0 Å². The fourth-order valence-electron chi connectivity index (χ4n) is 2.30. The summed E-state index contributed by atoms with van der Waals surface area (Å²) in [6.07, 6.45) is 0.0719. The summed E-state index contributed by atoms with van der Waals surface area (Å²) in [5.41, 5.74) is 0.741. The van der Waals surface area contributed by atoms with Crippen molar-refractivity contribution in [1.82, 2.24) is 0 Å². The molecule has 2 atom stereocenters. The largest absolute Gasteiger partial charge is 0.530 e. The number of rotatable bonds is 4. The van der Waals surface area contributed by atoms with Crippen LogP contribution >= 0.6 is 39.7 Å². The van der Waals surface area contributed by atoms with E-state index in [1.807, 2.05) is 18.2 Å². The molecule has 0 bridgehead atoms. The van der Waals surface area contributed by atoms with Crippen molar-refractivity contribution >= 4 is 45.4 Å². The van der Waals surface area contributed by atoms with Crippen LogP contribution in [-0.4, -0.2) is 11.5 Å². The molecule has 0 amide bonds. The van der Waals surface area contributed by atoms with Gasteiger partial charge >= 0.3 is 7.82 Å². The lowest BCUT2D eigenvalue weighted by molar-refractivity contribution is -0.384. The molecule has 1 heterocycles. The fraction of sp³-hybridized carbons (Fsp3) is 0.200. The van der Waals surface area contributed by atoms with Gasteiger partial charge in [0.2, 0.25) is 0 Å². The minimum Gasteiger partial charge on any atom is -0.404 e. The maximum Gasteiger partial charge on any atom is 0.530 e. The third-order valence-corrected chi connectivity index (χ3v) is 5.77. The second-order valence-electron chi connectivity index (χ2n) is 5.21. The SMILES string of the molecule is O=[N+]([O-])c1ccc(OP2(=O)OCCC(c3cc(Br)cc(Br)c3)O2)cc1. The van der Waals surface area contributed by atoms with Gasteiger partial charge in [-0.3, -0.25) is 19.2 Å². The summed E-state index contributed by atoms with van der Waals surface area (Å²) < 4.78 is 30.6. The lowest BCUT2D eigenvalue weighted by Crippen LogP contribution is -2.16. The van der Waals surface area contributed by atoms with Crippen molar-refractivity contribution in [3.63, 3.8) is 0 Å². The van der Waals surface area contributed by atoms with Gasteiger partial charge < -0.3 is 4.52 Å². The Bertz CT molecular complexity index is 824. The van der Waals surface area contributed by atoms with Crippen molar-refractivity contribution in [3.8, 4) is 5.75 Å². The number of nitrogens with zero attached hydrogens (tertiary/aromatic N) is 1. The Balaban J connectivity index is 1.77. The molecule has 0 saturated carbocycles. The number of nitro benzene ring substituents is 1. The molecule has 1 saturated heterocycles. The highest BCUT2D eigenvalue weighted by molar-refractivity contribution is 9.11. The minimum atomic E-state index is -3.83. The summed E-state index contributed by atoms with van der Waals surface area (Å²) in [5, 5.41) is 10.7. The molecular formula is C15H12Br2NO6P. The molecule has 1 fully saturated rings. The lowest BCUT2D eigenvalue weighted by atomic mass is 10.1. The minimum absolute atomic E-state index is 0.0898. The van der Waals surface area contributed by atoms with Gasteiger partial charge in [-0.1, -0.05) is 31.9 Å². The zero-order chi connectivity index (χ0) is 18.0. The van der Waals surface area contributed by atoms with E-state index < -0.39 is 18.8 Å². The van der Waals surface area contributed by atoms with E-state index in [1.165, 1.54) is 24.3 Å². The number of hydrogen-bond donors (Lipinski definition) is 0. The summed E-state index contributed by atoms with van der Waals surface area (Å²) >= 11 is 6.82. The standard InChI is InChI=1S/C15H12Br2NO6P/c16-11-7-10(8-12(17)9-11)15-5-6-22-25(21,24-15)23-14-3-1-13(2-4-14)18(19)20/h1-4,7-9,15H,5-6H2. The molecule has 0 spiro atoms. The van der Waals surface area contributed by atoms with E-state index in [2.05, 4.69) is 31.9 Å². The van der Waals surface area contributed by atoms with E-state index in [1.54, 1.807) is 0 Å². The van der Waals surface area contributed by atoms with Gasteiger partial charge in [0.25, 0.3) is 5.69 Å². The topological polar surface area (TPSA) is 87.9 Å². The van der Waals surface area contributed by atoms with Crippen LogP contribution in [-0.2, 0) is 13.6 Å². The molecule has 2 unspecified atom stereocenters. The Labute approximate surface area is 160 Å². The quantitative estimate of drug-likeness (QED) is 0.305. The molecule has 1 aliphatic rings. The van der Waals surface area contributed by atoms with Gasteiger partial charge in [0.1, 0.15) is 5.75 Å². The zero-order valence-electron chi connectivity index (χ0n) is 12.6. The molecule has 132 valence electrons. The number of benzene rings is 2. The van der Waals surface area contributed by atoms with E-state index in [0.29, 0.717) is 6.42 Å². The van der Waals surface area contributed by atoms with Crippen molar-refractivity contribution in [3.05, 3.63) is 67.1 Å². The normalized spacial score (nSPS) is 23.2. The molecule has 0 radical (unpaired) electrons. The second kappa shape index (κ2) is 7.55. The lowest BCUT2D eigenvalue weighted by Gasteiger charge is -2.29. The number of non-ortho nitro benzene ring substituents is 1. The van der Waals surface area contributed by atoms with E-state index in [-0.39, 0.29) is 18.0 Å². The first kappa shape index (κ1) is 18.5. The Morgan fingerprint density at radius 1 is 1.16 bits per heavy atom. The Kier molecular flexibility index (Phi) is 5.60. The highest BCUT2D eigenvalue weighted by Gasteiger charge is 2.37. The van der Waals surface area contributed by atoms with Crippen LogP contribution < -0.4 is 4.52 Å². The third-order valence-electron chi connectivity index (χ3n) is 3.41. The third kappa shape index (κ3) is 4.68. The van der Waals surface area contributed by atoms with Crippen LogP contribution in [0.5, 0.6) is 5.75 Å². The Hall–Kier alpha value is -1.25. The van der Waals surface area contributed by atoms with E-state index in [0.717, 1.165) is 14.5 Å².